The summed E-state index contributed by atoms with van der Waals surface area (Å²) in [6, 6.07) is 29.2. The summed E-state index contributed by atoms with van der Waals surface area (Å²) in [5, 5.41) is 3.46. The van der Waals surface area contributed by atoms with Crippen LogP contribution in [0.2, 0.25) is 0 Å². The van der Waals surface area contributed by atoms with Gasteiger partial charge in [-0.25, -0.2) is 0 Å². The van der Waals surface area contributed by atoms with Crippen LogP contribution in [0.25, 0.3) is 0 Å². The topological polar surface area (TPSA) is 36.8 Å². The smallest absolute Gasteiger partial charge is 0.135 e. The van der Waals surface area contributed by atoms with E-state index in [0.29, 0.717) is 0 Å². The fraction of sp³-hybridized carbons (Fsp3) is 0.167. The number of hydrogen-bond acceptors (Lipinski definition) is 2. The fourth-order valence-corrected chi connectivity index (χ4v) is 3.35. The normalized spacial score (nSPS) is 18.1. The van der Waals surface area contributed by atoms with E-state index in [9.17, 15) is 0 Å². The van der Waals surface area contributed by atoms with Gasteiger partial charge >= 0.3 is 0 Å². The lowest BCUT2D eigenvalue weighted by atomic mass is 10.1. The second kappa shape index (κ2) is 7.58. The number of nitrogens with zero attached hydrogens (tertiary/aromatic N) is 2. The molecule has 1 aliphatic heterocycles. The molecule has 0 aliphatic carbocycles. The molecule has 0 unspecified atom stereocenters. The molecule has 0 saturated heterocycles. The van der Waals surface area contributed by atoms with Gasteiger partial charge in [-0.05, 0) is 25.0 Å². The van der Waals surface area contributed by atoms with Gasteiger partial charge in [0.1, 0.15) is 11.7 Å². The predicted molar refractivity (Wildman–Crippen MR) is 112 cm³/mol. The van der Waals surface area contributed by atoms with Crippen LogP contribution in [0.15, 0.2) is 94.9 Å². The molecule has 4 rings (SSSR count). The number of aliphatic imine (C=N–C) groups is 2. The van der Waals surface area contributed by atoms with Crippen molar-refractivity contribution in [2.75, 3.05) is 0 Å². The molecule has 0 amide bonds. The Morgan fingerprint density at radius 3 is 1.33 bits per heavy atom. The van der Waals surface area contributed by atoms with Crippen molar-refractivity contribution >= 4 is 11.7 Å². The van der Waals surface area contributed by atoms with Crippen molar-refractivity contribution in [3.8, 4) is 0 Å². The van der Waals surface area contributed by atoms with Crippen molar-refractivity contribution < 1.29 is 0 Å². The number of benzene rings is 3. The molecule has 27 heavy (non-hydrogen) atoms. The van der Waals surface area contributed by atoms with Gasteiger partial charge in [0.15, 0.2) is 0 Å². The Hall–Kier alpha value is -3.20. The van der Waals surface area contributed by atoms with E-state index < -0.39 is 0 Å². The van der Waals surface area contributed by atoms with Gasteiger partial charge in [-0.2, -0.15) is 0 Å². The minimum absolute atomic E-state index is 0.0765. The van der Waals surface area contributed by atoms with Crippen molar-refractivity contribution in [1.29, 1.82) is 0 Å². The van der Waals surface area contributed by atoms with E-state index in [1.807, 2.05) is 24.3 Å². The summed E-state index contributed by atoms with van der Waals surface area (Å²) in [7, 11) is 0. The molecule has 0 saturated carbocycles. The van der Waals surface area contributed by atoms with Crippen LogP contribution in [0, 0.1) is 0 Å². The average molecular weight is 353 g/mol. The highest BCUT2D eigenvalue weighted by molar-refractivity contribution is 6.25. The molecule has 0 spiro atoms. The Balaban J connectivity index is 1.67. The highest BCUT2D eigenvalue weighted by atomic mass is 15.1. The maximum Gasteiger partial charge on any atom is 0.135 e. The maximum atomic E-state index is 4.94. The largest absolute Gasteiger partial charge is 0.324 e. The minimum atomic E-state index is 0.0765. The van der Waals surface area contributed by atoms with Gasteiger partial charge in [0, 0.05) is 11.1 Å². The summed E-state index contributed by atoms with van der Waals surface area (Å²) in [4.78, 5) is 9.89. The third-order valence-corrected chi connectivity index (χ3v) is 4.88. The molecule has 0 radical (unpaired) electrons. The lowest BCUT2D eigenvalue weighted by molar-refractivity contribution is 0.809. The Kier molecular flexibility index (Phi) is 4.84. The highest BCUT2D eigenvalue weighted by Gasteiger charge is 2.24. The molecule has 3 aromatic rings. The quantitative estimate of drug-likeness (QED) is 0.678. The molecule has 3 heteroatoms. The zero-order valence-electron chi connectivity index (χ0n) is 15.6. The first kappa shape index (κ1) is 17.2. The summed E-state index contributed by atoms with van der Waals surface area (Å²) < 4.78 is 0. The number of amidine groups is 2. The molecule has 2 atom stereocenters. The van der Waals surface area contributed by atoms with E-state index in [1.54, 1.807) is 0 Å². The molecule has 0 bridgehead atoms. The summed E-state index contributed by atoms with van der Waals surface area (Å²) >= 11 is 0. The Morgan fingerprint density at radius 1 is 0.556 bits per heavy atom. The third kappa shape index (κ3) is 3.68. The van der Waals surface area contributed by atoms with Gasteiger partial charge in [0.25, 0.3) is 0 Å². The highest BCUT2D eigenvalue weighted by Crippen LogP contribution is 2.24. The Morgan fingerprint density at radius 2 is 0.926 bits per heavy atom. The zero-order chi connectivity index (χ0) is 18.6. The van der Waals surface area contributed by atoms with E-state index in [2.05, 4.69) is 79.8 Å². The SMILES string of the molecule is C[C@H](N=C1NC(=N[C@@H](C)c2ccccc2)c2ccccc21)c1ccccc1. The summed E-state index contributed by atoms with van der Waals surface area (Å²) in [5.41, 5.74) is 4.62. The maximum absolute atomic E-state index is 4.94. The van der Waals surface area contributed by atoms with Gasteiger partial charge < -0.3 is 5.32 Å². The molecule has 1 aliphatic rings. The average Bonchev–Trinajstić information content (AvgIpc) is 3.06. The van der Waals surface area contributed by atoms with Crippen molar-refractivity contribution in [1.82, 2.24) is 5.32 Å². The molecule has 0 fully saturated rings. The molecule has 134 valence electrons. The minimum Gasteiger partial charge on any atom is -0.324 e. The van der Waals surface area contributed by atoms with Crippen LogP contribution in [0.4, 0.5) is 0 Å². The van der Waals surface area contributed by atoms with Crippen molar-refractivity contribution in [2.45, 2.75) is 25.9 Å². The van der Waals surface area contributed by atoms with Crippen LogP contribution in [0.5, 0.6) is 0 Å². The van der Waals surface area contributed by atoms with Gasteiger partial charge in [0.2, 0.25) is 0 Å². The second-order valence-electron chi connectivity index (χ2n) is 6.80. The first-order chi connectivity index (χ1) is 13.2. The van der Waals surface area contributed by atoms with Crippen molar-refractivity contribution in [3.05, 3.63) is 107 Å². The standard InChI is InChI=1S/C24H23N3/c1-17(19-11-5-3-6-12-19)25-23-21-15-9-10-16-22(21)24(27-23)26-18(2)20-13-7-4-8-14-20/h3-18H,1-2H3,(H,25,26,27)/t17-,18-/m0/s1. The lowest BCUT2D eigenvalue weighted by Crippen LogP contribution is -2.23. The Labute approximate surface area is 160 Å². The van der Waals surface area contributed by atoms with Gasteiger partial charge in [-0.1, -0.05) is 84.9 Å². The first-order valence-electron chi connectivity index (χ1n) is 9.34. The van der Waals surface area contributed by atoms with Gasteiger partial charge in [0.05, 0.1) is 12.1 Å². The molecular formula is C24H23N3. The van der Waals surface area contributed by atoms with Gasteiger partial charge in [-0.15, -0.1) is 0 Å². The van der Waals surface area contributed by atoms with Crippen LogP contribution >= 0.6 is 0 Å². The van der Waals surface area contributed by atoms with Gasteiger partial charge in [-0.3, -0.25) is 9.98 Å². The molecule has 3 nitrogen and oxygen atoms in total. The van der Waals surface area contributed by atoms with E-state index in [-0.39, 0.29) is 12.1 Å². The monoisotopic (exact) mass is 353 g/mol. The van der Waals surface area contributed by atoms with Crippen LogP contribution in [-0.4, -0.2) is 11.7 Å². The van der Waals surface area contributed by atoms with E-state index in [0.717, 1.165) is 22.8 Å². The molecule has 1 heterocycles. The fourth-order valence-electron chi connectivity index (χ4n) is 3.35. The molecule has 3 aromatic carbocycles. The van der Waals surface area contributed by atoms with Crippen LogP contribution < -0.4 is 5.32 Å². The van der Waals surface area contributed by atoms with E-state index in [1.165, 1.54) is 11.1 Å². The predicted octanol–water partition coefficient (Wildman–Crippen LogP) is 5.31. The zero-order valence-corrected chi connectivity index (χ0v) is 15.6. The van der Waals surface area contributed by atoms with E-state index >= 15 is 0 Å². The van der Waals surface area contributed by atoms with Crippen molar-refractivity contribution in [2.24, 2.45) is 9.98 Å². The first-order valence-corrected chi connectivity index (χ1v) is 9.34. The summed E-state index contributed by atoms with van der Waals surface area (Å²) in [6.07, 6.45) is 0. The molecule has 1 N–H and O–H groups in total. The van der Waals surface area contributed by atoms with Crippen LogP contribution in [0.3, 0.4) is 0 Å². The van der Waals surface area contributed by atoms with Crippen molar-refractivity contribution in [3.63, 3.8) is 0 Å². The number of fused-ring (bicyclic) bond motifs is 1. The summed E-state index contributed by atoms with van der Waals surface area (Å²) in [6.45, 7) is 4.24. The van der Waals surface area contributed by atoms with E-state index in [4.69, 9.17) is 9.98 Å². The number of rotatable bonds is 4. The van der Waals surface area contributed by atoms with Crippen LogP contribution in [-0.2, 0) is 0 Å². The lowest BCUT2D eigenvalue weighted by Gasteiger charge is -2.10. The molecular weight excluding hydrogens is 330 g/mol. The summed E-state index contributed by atoms with van der Waals surface area (Å²) in [5.74, 6) is 1.78. The van der Waals surface area contributed by atoms with Crippen LogP contribution in [0.1, 0.15) is 48.2 Å². The second-order valence-corrected chi connectivity index (χ2v) is 6.80. The molecule has 0 aromatic heterocycles. The number of hydrogen-bond donors (Lipinski definition) is 1. The Bertz CT molecular complexity index is 894. The number of nitrogens with one attached hydrogen (secondary N) is 1. The third-order valence-electron chi connectivity index (χ3n) is 4.88.